The number of hydrogen-bond donors (Lipinski definition) is 2. The number of sulfonamides is 1. The molecule has 0 aliphatic carbocycles. The number of benzene rings is 1. The Bertz CT molecular complexity index is 1220. The number of ether oxygens (including phenoxy) is 1. The molecule has 0 bridgehead atoms. The molecule has 158 valence electrons. The van der Waals surface area contributed by atoms with Crippen LogP contribution < -0.4 is 4.74 Å². The molecule has 0 radical (unpaired) electrons. The van der Waals surface area contributed by atoms with E-state index >= 15 is 0 Å². The molecule has 1 aromatic carbocycles. The second kappa shape index (κ2) is 8.17. The number of nitrogens with one attached hydrogen (secondary N) is 1. The van der Waals surface area contributed by atoms with E-state index in [4.69, 9.17) is 9.84 Å². The molecule has 0 fully saturated rings. The monoisotopic (exact) mass is 431 g/mol. The molecule has 2 N–H and O–H groups in total. The van der Waals surface area contributed by atoms with E-state index in [1.165, 1.54) is 16.4 Å². The maximum absolute atomic E-state index is 13.9. The molecule has 4 rings (SSSR count). The first-order valence-corrected chi connectivity index (χ1v) is 11.1. The molecule has 0 saturated heterocycles. The molecule has 3 heterocycles. The highest BCUT2D eigenvalue weighted by atomic mass is 32.2. The summed E-state index contributed by atoms with van der Waals surface area (Å²) in [5.41, 5.74) is 3.92. The quantitative estimate of drug-likeness (QED) is 0.626. The summed E-state index contributed by atoms with van der Waals surface area (Å²) in [5, 5.41) is 9.78. The van der Waals surface area contributed by atoms with Crippen LogP contribution in [0.15, 0.2) is 42.6 Å². The lowest BCUT2D eigenvalue weighted by Gasteiger charge is -2.25. The van der Waals surface area contributed by atoms with Crippen LogP contribution in [0.2, 0.25) is 0 Å². The summed E-state index contributed by atoms with van der Waals surface area (Å²) in [4.78, 5) is 7.67. The number of aromatic nitrogens is 2. The fourth-order valence-electron chi connectivity index (χ4n) is 3.72. The predicted octanol–water partition coefficient (Wildman–Crippen LogP) is 2.79. The number of pyridine rings is 1. The van der Waals surface area contributed by atoms with Crippen LogP contribution >= 0.6 is 0 Å². The van der Waals surface area contributed by atoms with Crippen molar-refractivity contribution in [3.05, 3.63) is 54.1 Å². The third-order valence-corrected chi connectivity index (χ3v) is 7.06. The Labute approximate surface area is 173 Å². The smallest absolute Gasteiger partial charge is 0.216 e. The Morgan fingerprint density at radius 1 is 1.27 bits per heavy atom. The minimum Gasteiger partial charge on any atom is -0.496 e. The molecular weight excluding hydrogens is 409 g/mol. The van der Waals surface area contributed by atoms with Crippen molar-refractivity contribution in [1.29, 1.82) is 0 Å². The van der Waals surface area contributed by atoms with Gasteiger partial charge in [0.2, 0.25) is 10.0 Å². The molecule has 7 nitrogen and oxygen atoms in total. The number of fused-ring (bicyclic) bond motifs is 1. The first-order chi connectivity index (χ1) is 14.4. The summed E-state index contributed by atoms with van der Waals surface area (Å²) in [6, 6.07) is 8.15. The Kier molecular flexibility index (Phi) is 5.59. The molecular formula is C21H22FN3O4S. The summed E-state index contributed by atoms with van der Waals surface area (Å²) in [7, 11) is -1.91. The van der Waals surface area contributed by atoms with Gasteiger partial charge in [0.1, 0.15) is 17.2 Å². The van der Waals surface area contributed by atoms with Crippen molar-refractivity contribution in [3.8, 4) is 16.9 Å². The first kappa shape index (κ1) is 20.5. The fraction of sp³-hybridized carbons (Fsp3) is 0.286. The highest BCUT2D eigenvalue weighted by Gasteiger charge is 2.24. The summed E-state index contributed by atoms with van der Waals surface area (Å²) < 4.78 is 44.9. The van der Waals surface area contributed by atoms with Crippen molar-refractivity contribution in [2.45, 2.75) is 6.42 Å². The molecule has 0 amide bonds. The Morgan fingerprint density at radius 2 is 2.10 bits per heavy atom. The lowest BCUT2D eigenvalue weighted by Crippen LogP contribution is -2.37. The summed E-state index contributed by atoms with van der Waals surface area (Å²) in [5.74, 6) is -0.0651. The second-order valence-electron chi connectivity index (χ2n) is 7.03. The van der Waals surface area contributed by atoms with E-state index in [-0.39, 0.29) is 18.1 Å². The van der Waals surface area contributed by atoms with Gasteiger partial charge in [-0.05, 0) is 47.9 Å². The van der Waals surface area contributed by atoms with E-state index in [0.717, 1.165) is 22.2 Å². The van der Waals surface area contributed by atoms with Crippen molar-refractivity contribution < 1.29 is 22.7 Å². The average molecular weight is 431 g/mol. The van der Waals surface area contributed by atoms with E-state index in [9.17, 15) is 12.8 Å². The van der Waals surface area contributed by atoms with Crippen molar-refractivity contribution in [3.63, 3.8) is 0 Å². The van der Waals surface area contributed by atoms with Crippen LogP contribution in [0.25, 0.3) is 27.7 Å². The molecule has 0 spiro atoms. The first-order valence-electron chi connectivity index (χ1n) is 9.52. The molecule has 1 aliphatic rings. The van der Waals surface area contributed by atoms with Gasteiger partial charge in [-0.2, -0.15) is 4.31 Å². The van der Waals surface area contributed by atoms with Crippen molar-refractivity contribution >= 4 is 26.6 Å². The molecule has 9 heteroatoms. The van der Waals surface area contributed by atoms with E-state index in [1.54, 1.807) is 19.4 Å². The lowest BCUT2D eigenvalue weighted by atomic mass is 10.0. The zero-order chi connectivity index (χ0) is 21.3. The molecule has 2 aromatic heterocycles. The Balaban J connectivity index is 1.70. The van der Waals surface area contributed by atoms with Gasteiger partial charge >= 0.3 is 0 Å². The maximum atomic E-state index is 13.9. The number of methoxy groups -OCH3 is 1. The van der Waals surface area contributed by atoms with E-state index < -0.39 is 16.6 Å². The van der Waals surface area contributed by atoms with Crippen LogP contribution in [0.5, 0.6) is 5.75 Å². The zero-order valence-corrected chi connectivity index (χ0v) is 17.2. The van der Waals surface area contributed by atoms with Crippen LogP contribution in [0.4, 0.5) is 4.39 Å². The van der Waals surface area contributed by atoms with Gasteiger partial charge in [0, 0.05) is 35.9 Å². The largest absolute Gasteiger partial charge is 0.496 e. The minimum atomic E-state index is -3.45. The third-order valence-electron chi connectivity index (χ3n) is 5.24. The molecule has 3 aromatic rings. The van der Waals surface area contributed by atoms with E-state index in [1.807, 2.05) is 18.2 Å². The minimum absolute atomic E-state index is 0.255. The standard InChI is InChI=1S/C21H22FN3O4S/c1-29-20-3-2-15(22)12-17(20)16-4-7-23-21-18(16)13-19(24-21)14-5-8-25(9-6-14)30(27,28)11-10-26/h2-5,7,12-13,26H,6,8-11H2,1H3,(H,23,24). The summed E-state index contributed by atoms with van der Waals surface area (Å²) in [6.07, 6.45) is 4.06. The number of halogens is 1. The molecule has 30 heavy (non-hydrogen) atoms. The highest BCUT2D eigenvalue weighted by molar-refractivity contribution is 7.89. The summed E-state index contributed by atoms with van der Waals surface area (Å²) in [6.45, 7) is 0.210. The van der Waals surface area contributed by atoms with Gasteiger partial charge in [0.05, 0.1) is 19.5 Å². The van der Waals surface area contributed by atoms with Crippen LogP contribution in [-0.2, 0) is 10.0 Å². The van der Waals surface area contributed by atoms with Crippen LogP contribution in [0.3, 0.4) is 0 Å². The predicted molar refractivity (Wildman–Crippen MR) is 113 cm³/mol. The zero-order valence-electron chi connectivity index (χ0n) is 16.4. The molecule has 0 atom stereocenters. The number of rotatable bonds is 6. The summed E-state index contributed by atoms with van der Waals surface area (Å²) >= 11 is 0. The molecule has 1 aliphatic heterocycles. The average Bonchev–Trinajstić information content (AvgIpc) is 3.18. The van der Waals surface area contributed by atoms with Crippen LogP contribution in [0.1, 0.15) is 12.1 Å². The van der Waals surface area contributed by atoms with Gasteiger partial charge in [-0.1, -0.05) is 6.08 Å². The van der Waals surface area contributed by atoms with Gasteiger partial charge in [-0.25, -0.2) is 17.8 Å². The second-order valence-corrected chi connectivity index (χ2v) is 9.11. The van der Waals surface area contributed by atoms with Crippen molar-refractivity contribution in [2.75, 3.05) is 32.6 Å². The topological polar surface area (TPSA) is 95.5 Å². The number of H-pyrrole nitrogens is 1. The Hall–Kier alpha value is -2.75. The number of hydrogen-bond acceptors (Lipinski definition) is 5. The lowest BCUT2D eigenvalue weighted by molar-refractivity contribution is 0.315. The number of aliphatic hydroxyl groups is 1. The van der Waals surface area contributed by atoms with Gasteiger partial charge in [-0.3, -0.25) is 0 Å². The SMILES string of the molecule is COc1ccc(F)cc1-c1ccnc2[nH]c(C3=CCN(S(=O)(=O)CCO)CC3)cc12. The fourth-order valence-corrected chi connectivity index (χ4v) is 4.88. The van der Waals surface area contributed by atoms with E-state index in [0.29, 0.717) is 29.9 Å². The highest BCUT2D eigenvalue weighted by Crippen LogP contribution is 2.36. The molecule has 0 unspecified atom stereocenters. The van der Waals surface area contributed by atoms with Crippen LogP contribution in [0, 0.1) is 5.82 Å². The Morgan fingerprint density at radius 3 is 2.80 bits per heavy atom. The molecule has 0 saturated carbocycles. The maximum Gasteiger partial charge on any atom is 0.216 e. The van der Waals surface area contributed by atoms with Gasteiger partial charge in [-0.15, -0.1) is 0 Å². The third kappa shape index (κ3) is 3.83. The van der Waals surface area contributed by atoms with Gasteiger partial charge in [0.15, 0.2) is 0 Å². The van der Waals surface area contributed by atoms with Gasteiger partial charge < -0.3 is 14.8 Å². The van der Waals surface area contributed by atoms with E-state index in [2.05, 4.69) is 9.97 Å². The van der Waals surface area contributed by atoms with Crippen molar-refractivity contribution in [1.82, 2.24) is 14.3 Å². The van der Waals surface area contributed by atoms with Crippen LogP contribution in [-0.4, -0.2) is 60.4 Å². The van der Waals surface area contributed by atoms with Crippen molar-refractivity contribution in [2.24, 2.45) is 0 Å². The normalized spacial score (nSPS) is 15.4. The number of aliphatic hydroxyl groups excluding tert-OH is 1. The number of nitrogens with zero attached hydrogens (tertiary/aromatic N) is 2. The number of aromatic amines is 1. The van der Waals surface area contributed by atoms with Gasteiger partial charge in [0.25, 0.3) is 0 Å².